The Morgan fingerprint density at radius 1 is 1.15 bits per heavy atom. The molecule has 8 nitrogen and oxygen atoms in total. The number of hydrogen-bond acceptors (Lipinski definition) is 7. The molecule has 10 heteroatoms. The van der Waals surface area contributed by atoms with Gasteiger partial charge < -0.3 is 24.8 Å². The Morgan fingerprint density at radius 3 is 2.79 bits per heavy atom. The summed E-state index contributed by atoms with van der Waals surface area (Å²) < 4.78 is 15.9. The van der Waals surface area contributed by atoms with Crippen molar-refractivity contribution in [3.63, 3.8) is 0 Å². The third-order valence-electron chi connectivity index (χ3n) is 4.74. The fraction of sp³-hybridized carbons (Fsp3) is 0.174. The molecule has 0 saturated heterocycles. The van der Waals surface area contributed by atoms with E-state index in [2.05, 4.69) is 15.6 Å². The lowest BCUT2D eigenvalue weighted by atomic mass is 10.2. The van der Waals surface area contributed by atoms with E-state index in [-0.39, 0.29) is 24.4 Å². The summed E-state index contributed by atoms with van der Waals surface area (Å²) in [4.78, 5) is 29.7. The third kappa shape index (κ3) is 5.32. The van der Waals surface area contributed by atoms with Gasteiger partial charge in [-0.1, -0.05) is 23.4 Å². The Balaban J connectivity index is 1.42. The highest BCUT2D eigenvalue weighted by molar-refractivity contribution is 8.00. The molecule has 170 valence electrons. The van der Waals surface area contributed by atoms with Crippen LogP contribution >= 0.6 is 23.4 Å². The highest BCUT2D eigenvalue weighted by atomic mass is 35.5. The van der Waals surface area contributed by atoms with E-state index >= 15 is 0 Å². The summed E-state index contributed by atoms with van der Waals surface area (Å²) in [5, 5.41) is 6.61. The van der Waals surface area contributed by atoms with Crippen molar-refractivity contribution in [1.82, 2.24) is 4.98 Å². The second kappa shape index (κ2) is 10.0. The van der Waals surface area contributed by atoms with Crippen LogP contribution in [0.25, 0.3) is 0 Å². The minimum Gasteiger partial charge on any atom is -0.495 e. The predicted octanol–water partition coefficient (Wildman–Crippen LogP) is 4.76. The van der Waals surface area contributed by atoms with Crippen LogP contribution in [0.5, 0.6) is 17.2 Å². The number of aromatic nitrogens is 1. The molecule has 2 aromatic carbocycles. The third-order valence-corrected chi connectivity index (χ3v) is 6.15. The normalized spacial score (nSPS) is 11.7. The van der Waals surface area contributed by atoms with E-state index in [0.717, 1.165) is 17.3 Å². The van der Waals surface area contributed by atoms with Crippen LogP contribution in [0.15, 0.2) is 53.7 Å². The molecule has 1 aliphatic heterocycles. The van der Waals surface area contributed by atoms with Crippen molar-refractivity contribution in [3.05, 3.63) is 64.8 Å². The van der Waals surface area contributed by atoms with Crippen molar-refractivity contribution in [3.8, 4) is 17.2 Å². The fourth-order valence-corrected chi connectivity index (χ4v) is 4.05. The molecule has 0 unspecified atom stereocenters. The number of amides is 2. The number of halogens is 1. The van der Waals surface area contributed by atoms with Crippen LogP contribution in [0.3, 0.4) is 0 Å². The average Bonchev–Trinajstić information content (AvgIpc) is 3.28. The Morgan fingerprint density at radius 2 is 1.97 bits per heavy atom. The minimum absolute atomic E-state index is 0.0646. The molecule has 0 saturated carbocycles. The van der Waals surface area contributed by atoms with Crippen molar-refractivity contribution >= 4 is 46.6 Å². The predicted molar refractivity (Wildman–Crippen MR) is 127 cm³/mol. The van der Waals surface area contributed by atoms with E-state index in [1.807, 2.05) is 6.92 Å². The van der Waals surface area contributed by atoms with Gasteiger partial charge in [0.25, 0.3) is 5.91 Å². The number of ether oxygens (including phenoxy) is 3. The van der Waals surface area contributed by atoms with Crippen LogP contribution in [-0.4, -0.2) is 36.5 Å². The van der Waals surface area contributed by atoms with Crippen molar-refractivity contribution in [2.45, 2.75) is 11.9 Å². The average molecular weight is 486 g/mol. The van der Waals surface area contributed by atoms with Crippen LogP contribution in [0.1, 0.15) is 15.9 Å². The van der Waals surface area contributed by atoms with Crippen molar-refractivity contribution in [2.24, 2.45) is 0 Å². The number of pyridine rings is 1. The van der Waals surface area contributed by atoms with E-state index in [9.17, 15) is 9.59 Å². The molecule has 0 spiro atoms. The Kier molecular flexibility index (Phi) is 6.90. The second-order valence-corrected chi connectivity index (χ2v) is 8.39. The van der Waals surface area contributed by atoms with Gasteiger partial charge in [-0.15, -0.1) is 0 Å². The number of aryl methyl sites for hydroxylation is 1. The molecule has 0 radical (unpaired) electrons. The van der Waals surface area contributed by atoms with Gasteiger partial charge in [0.05, 0.1) is 24.1 Å². The molecule has 1 aromatic heterocycles. The molecule has 2 heterocycles. The molecule has 33 heavy (non-hydrogen) atoms. The van der Waals surface area contributed by atoms with Gasteiger partial charge >= 0.3 is 0 Å². The summed E-state index contributed by atoms with van der Waals surface area (Å²) in [5.41, 5.74) is 2.22. The monoisotopic (exact) mass is 485 g/mol. The van der Waals surface area contributed by atoms with Gasteiger partial charge in [-0.05, 0) is 42.8 Å². The highest BCUT2D eigenvalue weighted by Crippen LogP contribution is 2.34. The van der Waals surface area contributed by atoms with Crippen molar-refractivity contribution in [2.75, 3.05) is 30.3 Å². The number of thioether (sulfide) groups is 1. The number of hydrogen-bond donors (Lipinski definition) is 2. The zero-order chi connectivity index (χ0) is 23.4. The summed E-state index contributed by atoms with van der Waals surface area (Å²) in [6.45, 7) is 2.00. The van der Waals surface area contributed by atoms with Crippen LogP contribution in [0.4, 0.5) is 11.4 Å². The molecule has 1 aliphatic rings. The molecule has 0 bridgehead atoms. The van der Waals surface area contributed by atoms with E-state index in [0.29, 0.717) is 44.2 Å². The zero-order valence-electron chi connectivity index (χ0n) is 17.8. The molecular weight excluding hydrogens is 466 g/mol. The van der Waals surface area contributed by atoms with Crippen molar-refractivity contribution < 1.29 is 23.8 Å². The maximum atomic E-state index is 13.0. The van der Waals surface area contributed by atoms with Gasteiger partial charge in [-0.2, -0.15) is 0 Å². The van der Waals surface area contributed by atoms with Crippen LogP contribution in [0.2, 0.25) is 5.02 Å². The Bertz CT molecular complexity index is 1220. The number of nitrogens with one attached hydrogen (secondary N) is 2. The first-order valence-electron chi connectivity index (χ1n) is 9.87. The molecule has 0 fully saturated rings. The van der Waals surface area contributed by atoms with Gasteiger partial charge in [-0.3, -0.25) is 9.59 Å². The first-order valence-corrected chi connectivity index (χ1v) is 11.2. The number of benzene rings is 2. The number of carbonyl (C=O) groups excluding carboxylic acids is 2. The van der Waals surface area contributed by atoms with Crippen LogP contribution in [-0.2, 0) is 4.79 Å². The zero-order valence-corrected chi connectivity index (χ0v) is 19.4. The van der Waals surface area contributed by atoms with Gasteiger partial charge in [0.15, 0.2) is 11.5 Å². The van der Waals surface area contributed by atoms with E-state index in [1.54, 1.807) is 48.7 Å². The number of nitrogens with zero attached hydrogens (tertiary/aromatic N) is 1. The molecular formula is C23H20ClN3O5S. The number of fused-ring (bicyclic) bond motifs is 1. The summed E-state index contributed by atoms with van der Waals surface area (Å²) in [6, 6.07) is 11.9. The molecule has 2 amide bonds. The number of rotatable bonds is 7. The maximum absolute atomic E-state index is 13.0. The number of anilines is 2. The first-order chi connectivity index (χ1) is 15.9. The standard InChI is InChI=1S/C23H20ClN3O5S/c1-13-8-17(19(30-2)10-16(13)24)27-22(29)15-4-3-7-25-23(15)33-11-21(28)26-14-5-6-18-20(9-14)32-12-31-18/h3-10H,11-12H2,1-2H3,(H,26,28)(H,27,29). The molecule has 4 rings (SSSR count). The number of carbonyl (C=O) groups is 2. The summed E-state index contributed by atoms with van der Waals surface area (Å²) in [7, 11) is 1.50. The fourth-order valence-electron chi connectivity index (χ4n) is 3.10. The van der Waals surface area contributed by atoms with E-state index in [4.69, 9.17) is 25.8 Å². The molecule has 2 N–H and O–H groups in total. The quantitative estimate of drug-likeness (QED) is 0.465. The van der Waals surface area contributed by atoms with Crippen LogP contribution < -0.4 is 24.8 Å². The van der Waals surface area contributed by atoms with Crippen LogP contribution in [0, 0.1) is 6.92 Å². The summed E-state index contributed by atoms with van der Waals surface area (Å²) in [6.07, 6.45) is 1.57. The minimum atomic E-state index is -0.373. The lowest BCUT2D eigenvalue weighted by molar-refractivity contribution is -0.113. The summed E-state index contributed by atoms with van der Waals surface area (Å²) in [5.74, 6) is 1.11. The highest BCUT2D eigenvalue weighted by Gasteiger charge is 2.18. The van der Waals surface area contributed by atoms with Gasteiger partial charge in [0.1, 0.15) is 10.8 Å². The SMILES string of the molecule is COc1cc(Cl)c(C)cc1NC(=O)c1cccnc1SCC(=O)Nc1ccc2c(c1)OCO2. The van der Waals surface area contributed by atoms with Crippen molar-refractivity contribution in [1.29, 1.82) is 0 Å². The maximum Gasteiger partial charge on any atom is 0.258 e. The lowest BCUT2D eigenvalue weighted by Crippen LogP contribution is -2.16. The first kappa shape index (κ1) is 22.8. The summed E-state index contributed by atoms with van der Waals surface area (Å²) >= 11 is 7.30. The van der Waals surface area contributed by atoms with E-state index < -0.39 is 0 Å². The largest absolute Gasteiger partial charge is 0.495 e. The molecule has 0 atom stereocenters. The lowest BCUT2D eigenvalue weighted by Gasteiger charge is -2.13. The second-order valence-electron chi connectivity index (χ2n) is 7.02. The Labute approximate surface area is 199 Å². The topological polar surface area (TPSA) is 98.8 Å². The van der Waals surface area contributed by atoms with Gasteiger partial charge in [0, 0.05) is 29.0 Å². The van der Waals surface area contributed by atoms with E-state index in [1.165, 1.54) is 7.11 Å². The number of methoxy groups -OCH3 is 1. The molecule has 0 aliphatic carbocycles. The van der Waals surface area contributed by atoms with Gasteiger partial charge in [0.2, 0.25) is 12.7 Å². The van der Waals surface area contributed by atoms with Gasteiger partial charge in [-0.25, -0.2) is 4.98 Å². The smallest absolute Gasteiger partial charge is 0.258 e. The molecule has 3 aromatic rings. The Hall–Kier alpha value is -3.43.